The third kappa shape index (κ3) is 5.52. The van der Waals surface area contributed by atoms with Gasteiger partial charge in [-0.25, -0.2) is 4.98 Å². The summed E-state index contributed by atoms with van der Waals surface area (Å²) in [6.45, 7) is 0. The summed E-state index contributed by atoms with van der Waals surface area (Å²) in [6, 6.07) is 16.9. The number of rotatable bonds is 6. The number of carbonyl (C=O) groups excluding carboxylic acids is 1. The second-order valence-electron chi connectivity index (χ2n) is 6.76. The molecule has 2 aromatic carbocycles. The normalized spacial score (nSPS) is 11.4. The summed E-state index contributed by atoms with van der Waals surface area (Å²) in [4.78, 5) is 16.4. The van der Waals surface area contributed by atoms with E-state index in [2.05, 4.69) is 20.5 Å². The molecule has 168 valence electrons. The summed E-state index contributed by atoms with van der Waals surface area (Å²) in [5, 5.41) is 11.5. The van der Waals surface area contributed by atoms with Crippen molar-refractivity contribution in [3.05, 3.63) is 83.6 Å². The maximum absolute atomic E-state index is 13.3. The number of pyridine rings is 1. The number of halogens is 4. The molecule has 0 saturated carbocycles. The van der Waals surface area contributed by atoms with E-state index in [-0.39, 0.29) is 33.5 Å². The average molecular weight is 490 g/mol. The molecule has 1 amide bonds. The molecule has 0 atom stereocenters. The highest BCUT2D eigenvalue weighted by molar-refractivity contribution is 7.99. The topological polar surface area (TPSA) is 72.7 Å². The molecular formula is C22H15ClF3N5OS. The Morgan fingerprint density at radius 2 is 1.82 bits per heavy atom. The minimum Gasteiger partial charge on any atom is -0.325 e. The van der Waals surface area contributed by atoms with Crippen molar-refractivity contribution in [2.45, 2.75) is 11.3 Å². The van der Waals surface area contributed by atoms with Gasteiger partial charge in [-0.1, -0.05) is 47.6 Å². The molecule has 0 radical (unpaired) electrons. The Labute approximate surface area is 195 Å². The molecule has 2 heterocycles. The van der Waals surface area contributed by atoms with Crippen LogP contribution in [0.1, 0.15) is 5.56 Å². The second-order valence-corrected chi connectivity index (χ2v) is 8.09. The molecule has 0 saturated heterocycles. The Kier molecular flexibility index (Phi) is 6.66. The lowest BCUT2D eigenvalue weighted by Crippen LogP contribution is -2.14. The van der Waals surface area contributed by atoms with Gasteiger partial charge in [0.1, 0.15) is 5.15 Å². The van der Waals surface area contributed by atoms with Crippen molar-refractivity contribution in [1.82, 2.24) is 19.7 Å². The summed E-state index contributed by atoms with van der Waals surface area (Å²) in [5.74, 6) is -0.0471. The number of alkyl halides is 3. The van der Waals surface area contributed by atoms with E-state index in [1.165, 1.54) is 22.9 Å². The molecule has 0 aliphatic carbocycles. The molecule has 0 aliphatic rings. The Morgan fingerprint density at radius 3 is 2.52 bits per heavy atom. The molecule has 1 N–H and O–H groups in total. The van der Waals surface area contributed by atoms with Crippen LogP contribution in [0.15, 0.2) is 78.1 Å². The second kappa shape index (κ2) is 9.63. The number of hydrogen-bond donors (Lipinski definition) is 1. The fourth-order valence-corrected chi connectivity index (χ4v) is 3.82. The van der Waals surface area contributed by atoms with Crippen LogP contribution in [0, 0.1) is 0 Å². The number of nitrogens with one attached hydrogen (secondary N) is 1. The van der Waals surface area contributed by atoms with E-state index in [0.717, 1.165) is 23.9 Å². The van der Waals surface area contributed by atoms with E-state index in [1.54, 1.807) is 36.4 Å². The van der Waals surface area contributed by atoms with Crippen LogP contribution in [0.5, 0.6) is 0 Å². The Hall–Kier alpha value is -3.37. The number of thioether (sulfide) groups is 1. The fourth-order valence-electron chi connectivity index (χ4n) is 2.96. The standard InChI is InChI=1S/C22H15ClF3N5OS/c23-18-10-9-14(12-27-18)20-29-30-21(33-13-19(32)28-16-6-2-1-3-7-16)31(20)17-8-4-5-15(11-17)22(24,25)26/h1-12H,13H2,(H,28,32). The lowest BCUT2D eigenvalue weighted by Gasteiger charge is -2.13. The van der Waals surface area contributed by atoms with Crippen molar-refractivity contribution in [3.63, 3.8) is 0 Å². The number of para-hydroxylation sites is 1. The fraction of sp³-hybridized carbons (Fsp3) is 0.0909. The average Bonchev–Trinajstić information content (AvgIpc) is 3.22. The molecule has 0 aliphatic heterocycles. The monoisotopic (exact) mass is 489 g/mol. The summed E-state index contributed by atoms with van der Waals surface area (Å²) < 4.78 is 41.4. The minimum atomic E-state index is -4.52. The number of aromatic nitrogens is 4. The SMILES string of the molecule is O=C(CSc1nnc(-c2ccc(Cl)nc2)n1-c1cccc(C(F)(F)F)c1)Nc1ccccc1. The van der Waals surface area contributed by atoms with Crippen LogP contribution >= 0.6 is 23.4 Å². The third-order valence-corrected chi connectivity index (χ3v) is 5.59. The zero-order valence-electron chi connectivity index (χ0n) is 16.8. The van der Waals surface area contributed by atoms with Crippen LogP contribution < -0.4 is 5.32 Å². The molecule has 33 heavy (non-hydrogen) atoms. The van der Waals surface area contributed by atoms with E-state index in [0.29, 0.717) is 11.3 Å². The lowest BCUT2D eigenvalue weighted by molar-refractivity contribution is -0.137. The predicted octanol–water partition coefficient (Wildman–Crippen LogP) is 5.73. The number of anilines is 1. The van der Waals surface area contributed by atoms with Crippen LogP contribution in [0.25, 0.3) is 17.1 Å². The van der Waals surface area contributed by atoms with Gasteiger partial charge in [0.2, 0.25) is 5.91 Å². The molecule has 0 fully saturated rings. The Bertz CT molecular complexity index is 1260. The van der Waals surface area contributed by atoms with E-state index < -0.39 is 11.7 Å². The Morgan fingerprint density at radius 1 is 1.03 bits per heavy atom. The van der Waals surface area contributed by atoms with Crippen LogP contribution in [-0.4, -0.2) is 31.4 Å². The van der Waals surface area contributed by atoms with Gasteiger partial charge < -0.3 is 5.32 Å². The first-order chi connectivity index (χ1) is 15.8. The molecule has 4 rings (SSSR count). The van der Waals surface area contributed by atoms with Crippen molar-refractivity contribution in [1.29, 1.82) is 0 Å². The van der Waals surface area contributed by atoms with Gasteiger partial charge in [0.05, 0.1) is 17.0 Å². The van der Waals surface area contributed by atoms with Gasteiger partial charge in [-0.05, 0) is 42.5 Å². The first kappa shape index (κ1) is 22.8. The van der Waals surface area contributed by atoms with Crippen molar-refractivity contribution in [2.75, 3.05) is 11.1 Å². The molecule has 6 nitrogen and oxygen atoms in total. The van der Waals surface area contributed by atoms with Crippen LogP contribution in [-0.2, 0) is 11.0 Å². The van der Waals surface area contributed by atoms with Gasteiger partial charge in [0, 0.05) is 17.4 Å². The van der Waals surface area contributed by atoms with Crippen molar-refractivity contribution in [2.24, 2.45) is 0 Å². The first-order valence-electron chi connectivity index (χ1n) is 9.54. The number of nitrogens with zero attached hydrogens (tertiary/aromatic N) is 4. The Balaban J connectivity index is 1.67. The van der Waals surface area contributed by atoms with Crippen molar-refractivity contribution >= 4 is 35.0 Å². The lowest BCUT2D eigenvalue weighted by atomic mass is 10.2. The van der Waals surface area contributed by atoms with Crippen molar-refractivity contribution < 1.29 is 18.0 Å². The number of benzene rings is 2. The number of hydrogen-bond acceptors (Lipinski definition) is 5. The maximum Gasteiger partial charge on any atom is 0.416 e. The number of carbonyl (C=O) groups is 1. The first-order valence-corrected chi connectivity index (χ1v) is 10.9. The molecule has 4 aromatic rings. The quantitative estimate of drug-likeness (QED) is 0.276. The number of amides is 1. The summed E-state index contributed by atoms with van der Waals surface area (Å²) in [6.07, 6.45) is -3.07. The third-order valence-electron chi connectivity index (χ3n) is 4.44. The largest absolute Gasteiger partial charge is 0.416 e. The highest BCUT2D eigenvalue weighted by atomic mass is 35.5. The summed E-state index contributed by atoms with van der Waals surface area (Å²) in [7, 11) is 0. The van der Waals surface area contributed by atoms with Gasteiger partial charge in [0.15, 0.2) is 11.0 Å². The van der Waals surface area contributed by atoms with Gasteiger partial charge in [0.25, 0.3) is 0 Å². The van der Waals surface area contributed by atoms with Crippen LogP contribution in [0.3, 0.4) is 0 Å². The van der Waals surface area contributed by atoms with E-state index in [4.69, 9.17) is 11.6 Å². The van der Waals surface area contributed by atoms with Crippen LogP contribution in [0.4, 0.5) is 18.9 Å². The zero-order valence-corrected chi connectivity index (χ0v) is 18.3. The predicted molar refractivity (Wildman–Crippen MR) is 120 cm³/mol. The molecular weight excluding hydrogens is 475 g/mol. The minimum absolute atomic E-state index is 0.0230. The van der Waals surface area contributed by atoms with Crippen molar-refractivity contribution in [3.8, 4) is 17.1 Å². The smallest absolute Gasteiger partial charge is 0.325 e. The molecule has 0 unspecified atom stereocenters. The van der Waals surface area contributed by atoms with Gasteiger partial charge in [-0.2, -0.15) is 13.2 Å². The molecule has 0 bridgehead atoms. The van der Waals surface area contributed by atoms with Crippen LogP contribution in [0.2, 0.25) is 5.15 Å². The highest BCUT2D eigenvalue weighted by Crippen LogP contribution is 2.33. The summed E-state index contributed by atoms with van der Waals surface area (Å²) in [5.41, 5.74) is 0.526. The van der Waals surface area contributed by atoms with Gasteiger partial charge in [-0.15, -0.1) is 10.2 Å². The molecule has 0 spiro atoms. The van der Waals surface area contributed by atoms with Gasteiger partial charge in [-0.3, -0.25) is 9.36 Å². The molecule has 2 aromatic heterocycles. The summed E-state index contributed by atoms with van der Waals surface area (Å²) >= 11 is 6.91. The van der Waals surface area contributed by atoms with E-state index in [1.807, 2.05) is 6.07 Å². The highest BCUT2D eigenvalue weighted by Gasteiger charge is 2.31. The maximum atomic E-state index is 13.3. The van der Waals surface area contributed by atoms with Gasteiger partial charge >= 0.3 is 6.18 Å². The van der Waals surface area contributed by atoms with E-state index >= 15 is 0 Å². The van der Waals surface area contributed by atoms with E-state index in [9.17, 15) is 18.0 Å². The molecule has 11 heteroatoms. The zero-order chi connectivity index (χ0) is 23.4.